The van der Waals surface area contributed by atoms with Crippen LogP contribution in [0.2, 0.25) is 0 Å². The first-order valence-corrected chi connectivity index (χ1v) is 6.05. The number of carbonyl (C=O) groups excluding carboxylic acids is 1. The molecular formula is C11H8BrNOS. The van der Waals surface area contributed by atoms with Gasteiger partial charge in [0.1, 0.15) is 5.69 Å². The fourth-order valence-corrected chi connectivity index (χ4v) is 2.71. The molecule has 4 heteroatoms. The third-order valence-electron chi connectivity index (χ3n) is 1.91. The Morgan fingerprint density at radius 1 is 1.33 bits per heavy atom. The van der Waals surface area contributed by atoms with Crippen LogP contribution in [0, 0.1) is 0 Å². The van der Waals surface area contributed by atoms with Gasteiger partial charge in [-0.25, -0.2) is 0 Å². The molecule has 2 rings (SSSR count). The van der Waals surface area contributed by atoms with Crippen LogP contribution < -0.4 is 0 Å². The minimum Gasteiger partial charge on any atom is -0.292 e. The average molecular weight is 282 g/mol. The normalized spacial score (nSPS) is 10.2. The Balaban J connectivity index is 2.11. The second-order valence-electron chi connectivity index (χ2n) is 3.02. The second kappa shape index (κ2) is 4.68. The van der Waals surface area contributed by atoms with Crippen LogP contribution in [0.15, 0.2) is 40.3 Å². The van der Waals surface area contributed by atoms with Gasteiger partial charge < -0.3 is 0 Å². The van der Waals surface area contributed by atoms with Crippen molar-refractivity contribution < 1.29 is 4.79 Å². The Kier molecular flexibility index (Phi) is 3.28. The van der Waals surface area contributed by atoms with E-state index in [4.69, 9.17) is 0 Å². The Labute approximate surface area is 100 Å². The fourth-order valence-electron chi connectivity index (χ4n) is 1.22. The molecule has 2 nitrogen and oxygen atoms in total. The van der Waals surface area contributed by atoms with Gasteiger partial charge in [0, 0.05) is 17.5 Å². The first kappa shape index (κ1) is 10.5. The molecule has 0 aliphatic carbocycles. The molecule has 2 aromatic heterocycles. The molecule has 0 fully saturated rings. The maximum atomic E-state index is 11.8. The molecule has 0 saturated carbocycles. The third kappa shape index (κ3) is 2.73. The van der Waals surface area contributed by atoms with E-state index in [1.807, 2.05) is 18.2 Å². The molecule has 0 atom stereocenters. The van der Waals surface area contributed by atoms with Gasteiger partial charge in [-0.2, -0.15) is 0 Å². The van der Waals surface area contributed by atoms with E-state index in [0.29, 0.717) is 12.1 Å². The van der Waals surface area contributed by atoms with Gasteiger partial charge >= 0.3 is 0 Å². The largest absolute Gasteiger partial charge is 0.292 e. The number of carbonyl (C=O) groups is 1. The predicted molar refractivity (Wildman–Crippen MR) is 64.3 cm³/mol. The number of halogens is 1. The van der Waals surface area contributed by atoms with Crippen LogP contribution in [0.1, 0.15) is 15.4 Å². The van der Waals surface area contributed by atoms with Crippen LogP contribution in [0.5, 0.6) is 0 Å². The van der Waals surface area contributed by atoms with E-state index < -0.39 is 0 Å². The lowest BCUT2D eigenvalue weighted by atomic mass is 10.2. The number of ketones is 1. The summed E-state index contributed by atoms with van der Waals surface area (Å²) in [6, 6.07) is 9.27. The maximum absolute atomic E-state index is 11.8. The predicted octanol–water partition coefficient (Wildman–Crippen LogP) is 3.33. The molecule has 0 N–H and O–H groups in total. The van der Waals surface area contributed by atoms with E-state index in [9.17, 15) is 4.79 Å². The highest BCUT2D eigenvalue weighted by atomic mass is 79.9. The molecule has 0 spiro atoms. The van der Waals surface area contributed by atoms with Gasteiger partial charge in [-0.1, -0.05) is 6.07 Å². The molecule has 76 valence electrons. The van der Waals surface area contributed by atoms with Crippen molar-refractivity contribution in [3.63, 3.8) is 0 Å². The Morgan fingerprint density at radius 3 is 2.80 bits per heavy atom. The maximum Gasteiger partial charge on any atom is 0.186 e. The number of rotatable bonds is 3. The lowest BCUT2D eigenvalue weighted by Gasteiger charge is -1.96. The number of thiophene rings is 1. The molecule has 15 heavy (non-hydrogen) atoms. The monoisotopic (exact) mass is 281 g/mol. The molecule has 2 heterocycles. The van der Waals surface area contributed by atoms with Crippen LogP contribution in [-0.2, 0) is 6.42 Å². The van der Waals surface area contributed by atoms with E-state index >= 15 is 0 Å². The SMILES string of the molecule is O=C(Cc1ccc(Br)s1)c1ccccn1. The third-order valence-corrected chi connectivity index (χ3v) is 3.54. The van der Waals surface area contributed by atoms with E-state index in [2.05, 4.69) is 20.9 Å². The van der Waals surface area contributed by atoms with Crippen molar-refractivity contribution >= 4 is 33.0 Å². The number of Topliss-reactive ketones (excluding diaryl/α,β-unsaturated/α-hetero) is 1. The highest BCUT2D eigenvalue weighted by Gasteiger charge is 2.08. The van der Waals surface area contributed by atoms with Gasteiger partial charge in [-0.15, -0.1) is 11.3 Å². The van der Waals surface area contributed by atoms with Crippen molar-refractivity contribution in [3.05, 3.63) is 50.9 Å². The van der Waals surface area contributed by atoms with E-state index in [1.54, 1.807) is 29.7 Å². The Hall–Kier alpha value is -1.00. The topological polar surface area (TPSA) is 30.0 Å². The summed E-state index contributed by atoms with van der Waals surface area (Å²) in [5, 5.41) is 0. The summed E-state index contributed by atoms with van der Waals surface area (Å²) < 4.78 is 1.05. The second-order valence-corrected chi connectivity index (χ2v) is 5.57. The summed E-state index contributed by atoms with van der Waals surface area (Å²) >= 11 is 4.95. The summed E-state index contributed by atoms with van der Waals surface area (Å²) in [7, 11) is 0. The molecule has 0 aliphatic rings. The van der Waals surface area contributed by atoms with Crippen LogP contribution in [-0.4, -0.2) is 10.8 Å². The summed E-state index contributed by atoms with van der Waals surface area (Å²) in [5.74, 6) is 0.0601. The first-order chi connectivity index (χ1) is 7.25. The standard InChI is InChI=1S/C11H8BrNOS/c12-11-5-4-8(15-11)7-10(14)9-3-1-2-6-13-9/h1-6H,7H2. The number of hydrogen-bond acceptors (Lipinski definition) is 3. The van der Waals surface area contributed by atoms with Crippen molar-refractivity contribution in [2.24, 2.45) is 0 Å². The van der Waals surface area contributed by atoms with Crippen molar-refractivity contribution in [2.45, 2.75) is 6.42 Å². The van der Waals surface area contributed by atoms with Crippen LogP contribution in [0.3, 0.4) is 0 Å². The fraction of sp³-hybridized carbons (Fsp3) is 0.0909. The minimum absolute atomic E-state index is 0.0601. The zero-order valence-electron chi connectivity index (χ0n) is 7.81. The van der Waals surface area contributed by atoms with E-state index in [0.717, 1.165) is 8.66 Å². The van der Waals surface area contributed by atoms with Gasteiger partial charge in [-0.3, -0.25) is 9.78 Å². The van der Waals surface area contributed by atoms with Gasteiger partial charge in [-0.05, 0) is 40.2 Å². The lowest BCUT2D eigenvalue weighted by molar-refractivity contribution is 0.0989. The minimum atomic E-state index is 0.0601. The number of hydrogen-bond donors (Lipinski definition) is 0. The van der Waals surface area contributed by atoms with Gasteiger partial charge in [0.25, 0.3) is 0 Å². The molecule has 0 aromatic carbocycles. The van der Waals surface area contributed by atoms with Gasteiger partial charge in [0.2, 0.25) is 0 Å². The van der Waals surface area contributed by atoms with Crippen LogP contribution >= 0.6 is 27.3 Å². The highest BCUT2D eigenvalue weighted by Crippen LogP contribution is 2.23. The van der Waals surface area contributed by atoms with Crippen molar-refractivity contribution in [1.29, 1.82) is 0 Å². The highest BCUT2D eigenvalue weighted by molar-refractivity contribution is 9.11. The Bertz CT molecular complexity index is 466. The lowest BCUT2D eigenvalue weighted by Crippen LogP contribution is -2.03. The van der Waals surface area contributed by atoms with Crippen LogP contribution in [0.4, 0.5) is 0 Å². The molecule has 0 radical (unpaired) electrons. The van der Waals surface area contributed by atoms with E-state index in [-0.39, 0.29) is 5.78 Å². The summed E-state index contributed by atoms with van der Waals surface area (Å²) in [6.45, 7) is 0. The van der Waals surface area contributed by atoms with Crippen molar-refractivity contribution in [3.8, 4) is 0 Å². The molecule has 0 saturated heterocycles. The van der Waals surface area contributed by atoms with Crippen molar-refractivity contribution in [1.82, 2.24) is 4.98 Å². The average Bonchev–Trinajstić information content (AvgIpc) is 2.65. The molecule has 0 bridgehead atoms. The molecule has 0 aliphatic heterocycles. The van der Waals surface area contributed by atoms with Gasteiger partial charge in [0.15, 0.2) is 5.78 Å². The Morgan fingerprint density at radius 2 is 2.20 bits per heavy atom. The summed E-state index contributed by atoms with van der Waals surface area (Å²) in [5.41, 5.74) is 0.530. The smallest absolute Gasteiger partial charge is 0.186 e. The number of nitrogens with zero attached hydrogens (tertiary/aromatic N) is 1. The molecule has 0 amide bonds. The van der Waals surface area contributed by atoms with E-state index in [1.165, 1.54) is 0 Å². The zero-order valence-corrected chi connectivity index (χ0v) is 10.2. The van der Waals surface area contributed by atoms with Gasteiger partial charge in [0.05, 0.1) is 3.79 Å². The van der Waals surface area contributed by atoms with Crippen LogP contribution in [0.25, 0.3) is 0 Å². The first-order valence-electron chi connectivity index (χ1n) is 4.44. The van der Waals surface area contributed by atoms with Crippen molar-refractivity contribution in [2.75, 3.05) is 0 Å². The molecule has 0 unspecified atom stereocenters. The molecule has 2 aromatic rings. The summed E-state index contributed by atoms with van der Waals surface area (Å²) in [4.78, 5) is 16.8. The molecular weight excluding hydrogens is 274 g/mol. The number of aromatic nitrogens is 1. The summed E-state index contributed by atoms with van der Waals surface area (Å²) in [6.07, 6.45) is 2.06. The zero-order chi connectivity index (χ0) is 10.7. The number of pyridine rings is 1. The quantitative estimate of drug-likeness (QED) is 0.808.